The van der Waals surface area contributed by atoms with Crippen LogP contribution in [0.2, 0.25) is 0 Å². The van der Waals surface area contributed by atoms with E-state index in [1.807, 2.05) is 20.0 Å². The molecule has 0 bridgehead atoms. The minimum absolute atomic E-state index is 0.101. The number of aromatic nitrogens is 1. The Morgan fingerprint density at radius 2 is 2.14 bits per heavy atom. The lowest BCUT2D eigenvalue weighted by atomic mass is 10.2. The molecule has 0 radical (unpaired) electrons. The fourth-order valence-corrected chi connectivity index (χ4v) is 1.17. The van der Waals surface area contributed by atoms with E-state index in [4.69, 9.17) is 5.11 Å². The van der Waals surface area contributed by atoms with Crippen LogP contribution in [0, 0.1) is 0 Å². The third-order valence-corrected chi connectivity index (χ3v) is 2.11. The highest BCUT2D eigenvalue weighted by Crippen LogP contribution is 2.13. The first kappa shape index (κ1) is 10.8. The molecule has 1 rings (SSSR count). The van der Waals surface area contributed by atoms with Crippen molar-refractivity contribution in [1.29, 1.82) is 0 Å². The Balaban J connectivity index is 2.65. The number of hydrogen-bond donors (Lipinski definition) is 3. The van der Waals surface area contributed by atoms with E-state index < -0.39 is 0 Å². The molecule has 1 atom stereocenters. The number of aliphatic hydroxyl groups excluding tert-OH is 1. The molecule has 3 N–H and O–H groups in total. The fourth-order valence-electron chi connectivity index (χ4n) is 1.17. The highest BCUT2D eigenvalue weighted by atomic mass is 16.3. The molecule has 1 unspecified atom stereocenters. The number of nitrogens with one attached hydrogen (secondary N) is 2. The highest BCUT2D eigenvalue weighted by molar-refractivity contribution is 5.53. The van der Waals surface area contributed by atoms with Crippen LogP contribution < -0.4 is 10.6 Å². The van der Waals surface area contributed by atoms with E-state index in [0.717, 1.165) is 17.8 Å². The highest BCUT2D eigenvalue weighted by Gasteiger charge is 2.04. The molecule has 0 saturated carbocycles. The molecule has 0 saturated heterocycles. The van der Waals surface area contributed by atoms with Crippen LogP contribution in [0.1, 0.15) is 13.3 Å². The maximum Gasteiger partial charge on any atom is 0.0632 e. The Kier molecular flexibility index (Phi) is 4.19. The third-order valence-electron chi connectivity index (χ3n) is 2.11. The van der Waals surface area contributed by atoms with Crippen LogP contribution in [0.15, 0.2) is 18.5 Å². The summed E-state index contributed by atoms with van der Waals surface area (Å²) in [4.78, 5) is 4.07. The predicted molar refractivity (Wildman–Crippen MR) is 58.6 cm³/mol. The molecule has 1 aromatic heterocycles. The van der Waals surface area contributed by atoms with Crippen LogP contribution in [-0.2, 0) is 0 Å². The predicted octanol–water partition coefficient (Wildman–Crippen LogP) is 1.31. The molecule has 0 amide bonds. The first-order chi connectivity index (χ1) is 6.80. The summed E-state index contributed by atoms with van der Waals surface area (Å²) in [5.74, 6) is 0. The number of hydrogen-bond acceptors (Lipinski definition) is 4. The molecule has 1 heterocycles. The van der Waals surface area contributed by atoms with Gasteiger partial charge >= 0.3 is 0 Å². The SMILES string of the molecule is CCC(CO)Nc1cncc(NC)c1. The van der Waals surface area contributed by atoms with Gasteiger partial charge in [0, 0.05) is 13.1 Å². The van der Waals surface area contributed by atoms with Gasteiger partial charge in [-0.15, -0.1) is 0 Å². The van der Waals surface area contributed by atoms with Crippen LogP contribution in [0.4, 0.5) is 11.4 Å². The van der Waals surface area contributed by atoms with Crippen molar-refractivity contribution in [1.82, 2.24) is 4.98 Å². The quantitative estimate of drug-likeness (QED) is 0.663. The minimum Gasteiger partial charge on any atom is -0.394 e. The Bertz CT molecular complexity index is 274. The van der Waals surface area contributed by atoms with E-state index in [-0.39, 0.29) is 12.6 Å². The van der Waals surface area contributed by atoms with Gasteiger partial charge in [0.15, 0.2) is 0 Å². The lowest BCUT2D eigenvalue weighted by Crippen LogP contribution is -2.22. The van der Waals surface area contributed by atoms with Crippen molar-refractivity contribution in [2.75, 3.05) is 24.3 Å². The summed E-state index contributed by atoms with van der Waals surface area (Å²) in [5, 5.41) is 15.2. The van der Waals surface area contributed by atoms with Crippen LogP contribution in [-0.4, -0.2) is 29.8 Å². The molecule has 78 valence electrons. The lowest BCUT2D eigenvalue weighted by Gasteiger charge is -2.15. The van der Waals surface area contributed by atoms with E-state index in [2.05, 4.69) is 15.6 Å². The monoisotopic (exact) mass is 195 g/mol. The normalized spacial score (nSPS) is 12.2. The summed E-state index contributed by atoms with van der Waals surface area (Å²) in [7, 11) is 1.85. The fraction of sp³-hybridized carbons (Fsp3) is 0.500. The van der Waals surface area contributed by atoms with Gasteiger partial charge in [-0.2, -0.15) is 0 Å². The van der Waals surface area contributed by atoms with Gasteiger partial charge in [0.2, 0.25) is 0 Å². The molecule has 0 aromatic carbocycles. The van der Waals surface area contributed by atoms with Gasteiger partial charge < -0.3 is 15.7 Å². The first-order valence-electron chi connectivity index (χ1n) is 4.80. The van der Waals surface area contributed by atoms with E-state index in [1.54, 1.807) is 12.4 Å². The second-order valence-electron chi connectivity index (χ2n) is 3.14. The zero-order valence-corrected chi connectivity index (χ0v) is 8.62. The van der Waals surface area contributed by atoms with Crippen molar-refractivity contribution in [2.24, 2.45) is 0 Å². The van der Waals surface area contributed by atoms with Crippen molar-refractivity contribution < 1.29 is 5.11 Å². The molecular formula is C10H17N3O. The van der Waals surface area contributed by atoms with Crippen LogP contribution in [0.5, 0.6) is 0 Å². The van der Waals surface area contributed by atoms with Gasteiger partial charge in [-0.05, 0) is 12.5 Å². The first-order valence-corrected chi connectivity index (χ1v) is 4.80. The van der Waals surface area contributed by atoms with E-state index in [0.29, 0.717) is 0 Å². The van der Waals surface area contributed by atoms with Crippen LogP contribution in [0.3, 0.4) is 0 Å². The zero-order valence-electron chi connectivity index (χ0n) is 8.62. The molecular weight excluding hydrogens is 178 g/mol. The Labute approximate surface area is 84.4 Å². The second kappa shape index (κ2) is 5.44. The molecule has 0 aliphatic rings. The van der Waals surface area contributed by atoms with Gasteiger partial charge in [0.05, 0.1) is 30.4 Å². The van der Waals surface area contributed by atoms with Gasteiger partial charge in [0.1, 0.15) is 0 Å². The van der Waals surface area contributed by atoms with Crippen LogP contribution >= 0.6 is 0 Å². The Hall–Kier alpha value is -1.29. The zero-order chi connectivity index (χ0) is 10.4. The molecule has 0 aliphatic heterocycles. The number of nitrogens with zero attached hydrogens (tertiary/aromatic N) is 1. The third kappa shape index (κ3) is 2.88. The van der Waals surface area contributed by atoms with Crippen molar-refractivity contribution in [3.8, 4) is 0 Å². The molecule has 14 heavy (non-hydrogen) atoms. The Morgan fingerprint density at radius 1 is 1.43 bits per heavy atom. The largest absolute Gasteiger partial charge is 0.394 e. The second-order valence-corrected chi connectivity index (χ2v) is 3.14. The van der Waals surface area contributed by atoms with Crippen molar-refractivity contribution >= 4 is 11.4 Å². The van der Waals surface area contributed by atoms with Gasteiger partial charge in [0.25, 0.3) is 0 Å². The van der Waals surface area contributed by atoms with E-state index in [1.165, 1.54) is 0 Å². The Morgan fingerprint density at radius 3 is 2.71 bits per heavy atom. The summed E-state index contributed by atoms with van der Waals surface area (Å²) in [6, 6.07) is 2.06. The van der Waals surface area contributed by atoms with Gasteiger partial charge in [-0.1, -0.05) is 6.92 Å². The summed E-state index contributed by atoms with van der Waals surface area (Å²) < 4.78 is 0. The number of pyridine rings is 1. The number of anilines is 2. The number of aliphatic hydroxyl groups is 1. The molecule has 0 fully saturated rings. The molecule has 1 aromatic rings. The van der Waals surface area contributed by atoms with E-state index >= 15 is 0 Å². The van der Waals surface area contributed by atoms with Crippen molar-refractivity contribution in [2.45, 2.75) is 19.4 Å². The summed E-state index contributed by atoms with van der Waals surface area (Å²) >= 11 is 0. The average molecular weight is 195 g/mol. The van der Waals surface area contributed by atoms with Gasteiger partial charge in [-0.3, -0.25) is 4.98 Å². The number of rotatable bonds is 5. The van der Waals surface area contributed by atoms with E-state index in [9.17, 15) is 0 Å². The standard InChI is InChI=1S/C10H17N3O/c1-3-8(7-14)13-10-4-9(11-2)5-12-6-10/h4-6,8,11,13-14H,3,7H2,1-2H3. The summed E-state index contributed by atoms with van der Waals surface area (Å²) in [6.07, 6.45) is 4.39. The summed E-state index contributed by atoms with van der Waals surface area (Å²) in [6.45, 7) is 2.17. The topological polar surface area (TPSA) is 57.2 Å². The average Bonchev–Trinajstić information content (AvgIpc) is 2.26. The maximum absolute atomic E-state index is 9.02. The molecule has 0 aliphatic carbocycles. The minimum atomic E-state index is 0.101. The smallest absolute Gasteiger partial charge is 0.0632 e. The van der Waals surface area contributed by atoms with Crippen molar-refractivity contribution in [3.63, 3.8) is 0 Å². The van der Waals surface area contributed by atoms with Crippen LogP contribution in [0.25, 0.3) is 0 Å². The maximum atomic E-state index is 9.02. The lowest BCUT2D eigenvalue weighted by molar-refractivity contribution is 0.272. The molecule has 4 heteroatoms. The summed E-state index contributed by atoms with van der Waals surface area (Å²) in [5.41, 5.74) is 1.89. The van der Waals surface area contributed by atoms with Crippen molar-refractivity contribution in [3.05, 3.63) is 18.5 Å². The van der Waals surface area contributed by atoms with Gasteiger partial charge in [-0.25, -0.2) is 0 Å². The molecule has 0 spiro atoms. The molecule has 4 nitrogen and oxygen atoms in total.